The molecular formula is C21H23N5O4S3. The summed E-state index contributed by atoms with van der Waals surface area (Å²) in [5.41, 5.74) is 1.78. The Hall–Kier alpha value is -2.88. The van der Waals surface area contributed by atoms with Crippen molar-refractivity contribution in [2.24, 2.45) is 5.92 Å². The van der Waals surface area contributed by atoms with Gasteiger partial charge in [-0.3, -0.25) is 24.7 Å². The van der Waals surface area contributed by atoms with Gasteiger partial charge >= 0.3 is 6.17 Å². The number of amides is 1. The van der Waals surface area contributed by atoms with Gasteiger partial charge in [0.15, 0.2) is 0 Å². The number of nitrogens with one attached hydrogen (secondary N) is 1. The van der Waals surface area contributed by atoms with Gasteiger partial charge < -0.3 is 9.72 Å². The minimum Gasteiger partial charge on any atom is -0.439 e. The Bertz CT molecular complexity index is 1180. The number of carbonyl (C=O) groups excluding carboxylic acids is 1. The Kier molecular flexibility index (Phi) is 9.04. The predicted molar refractivity (Wildman–Crippen MR) is 137 cm³/mol. The van der Waals surface area contributed by atoms with E-state index in [4.69, 9.17) is 11.3 Å². The lowest BCUT2D eigenvalue weighted by atomic mass is 9.99. The van der Waals surface area contributed by atoms with Crippen molar-refractivity contribution < 1.29 is 14.5 Å². The van der Waals surface area contributed by atoms with E-state index in [1.807, 2.05) is 25.3 Å². The van der Waals surface area contributed by atoms with Crippen molar-refractivity contribution in [3.63, 3.8) is 0 Å². The molecule has 1 saturated heterocycles. The molecule has 0 saturated carbocycles. The molecule has 1 aliphatic rings. The SMILES string of the molecule is S.S.[C-]#[N+][C@H]1CSCN1C(=O)[C@@H](C)Cc1c[nH]c2ccc(Oc3ccc([N+](=O)[O-])cn3)cc12. The molecule has 2 atom stereocenters. The monoisotopic (exact) mass is 505 g/mol. The first-order chi connectivity index (χ1) is 15.0. The summed E-state index contributed by atoms with van der Waals surface area (Å²) in [6.45, 7) is 9.16. The third kappa shape index (κ3) is 5.73. The molecule has 0 bridgehead atoms. The number of pyridine rings is 1. The van der Waals surface area contributed by atoms with E-state index in [0.29, 0.717) is 23.8 Å². The third-order valence-electron chi connectivity index (χ3n) is 5.13. The summed E-state index contributed by atoms with van der Waals surface area (Å²) >= 11 is 1.60. The van der Waals surface area contributed by atoms with Gasteiger partial charge in [-0.15, -0.1) is 11.8 Å². The second-order valence-corrected chi connectivity index (χ2v) is 8.26. The number of carbonyl (C=O) groups is 1. The molecule has 174 valence electrons. The zero-order valence-electron chi connectivity index (χ0n) is 17.6. The fourth-order valence-electron chi connectivity index (χ4n) is 3.50. The lowest BCUT2D eigenvalue weighted by Crippen LogP contribution is -2.38. The van der Waals surface area contributed by atoms with E-state index in [1.54, 1.807) is 22.7 Å². The maximum atomic E-state index is 12.8. The van der Waals surface area contributed by atoms with Crippen LogP contribution in [0.4, 0.5) is 5.69 Å². The highest BCUT2D eigenvalue weighted by molar-refractivity contribution is 7.99. The number of aromatic nitrogens is 2. The Balaban J connectivity index is 0.00000193. The molecule has 1 aromatic carbocycles. The molecule has 0 spiro atoms. The molecule has 2 aromatic heterocycles. The Morgan fingerprint density at radius 1 is 1.42 bits per heavy atom. The van der Waals surface area contributed by atoms with Gasteiger partial charge in [0.2, 0.25) is 11.8 Å². The number of rotatable bonds is 6. The zero-order valence-corrected chi connectivity index (χ0v) is 20.5. The van der Waals surface area contributed by atoms with Gasteiger partial charge in [0.05, 0.1) is 16.6 Å². The lowest BCUT2D eigenvalue weighted by Gasteiger charge is -2.20. The summed E-state index contributed by atoms with van der Waals surface area (Å²) in [7, 11) is 0. The topological polar surface area (TPSA) is 106 Å². The molecule has 4 rings (SSSR count). The van der Waals surface area contributed by atoms with Crippen molar-refractivity contribution in [3.05, 3.63) is 69.8 Å². The molecule has 1 fully saturated rings. The number of ether oxygens (including phenoxy) is 1. The Morgan fingerprint density at radius 3 is 2.88 bits per heavy atom. The van der Waals surface area contributed by atoms with Crippen LogP contribution in [0.2, 0.25) is 0 Å². The molecule has 9 nitrogen and oxygen atoms in total. The highest BCUT2D eigenvalue weighted by Gasteiger charge is 2.35. The van der Waals surface area contributed by atoms with E-state index >= 15 is 0 Å². The summed E-state index contributed by atoms with van der Waals surface area (Å²) in [6.07, 6.45) is 3.19. The third-order valence-corrected chi connectivity index (χ3v) is 6.12. The van der Waals surface area contributed by atoms with E-state index in [2.05, 4.69) is 14.8 Å². The van der Waals surface area contributed by atoms with Crippen molar-refractivity contribution in [1.29, 1.82) is 0 Å². The summed E-state index contributed by atoms with van der Waals surface area (Å²) in [5.74, 6) is 1.74. The smallest absolute Gasteiger partial charge is 0.310 e. The minimum atomic E-state index is -0.515. The van der Waals surface area contributed by atoms with Crippen molar-refractivity contribution in [2.75, 3.05) is 11.6 Å². The van der Waals surface area contributed by atoms with Crippen LogP contribution in [0.25, 0.3) is 15.7 Å². The Labute approximate surface area is 208 Å². The molecule has 3 aromatic rings. The van der Waals surface area contributed by atoms with E-state index in [-0.39, 0.29) is 56.5 Å². The fourth-order valence-corrected chi connectivity index (χ4v) is 4.57. The van der Waals surface area contributed by atoms with Gasteiger partial charge in [-0.1, -0.05) is 6.92 Å². The maximum absolute atomic E-state index is 12.8. The molecule has 0 unspecified atom stereocenters. The normalized spacial score (nSPS) is 15.8. The largest absolute Gasteiger partial charge is 0.439 e. The van der Waals surface area contributed by atoms with Gasteiger partial charge in [-0.05, 0) is 30.2 Å². The molecular weight excluding hydrogens is 482 g/mol. The van der Waals surface area contributed by atoms with Gasteiger partial charge in [0.25, 0.3) is 5.69 Å². The molecule has 33 heavy (non-hydrogen) atoms. The van der Waals surface area contributed by atoms with Crippen LogP contribution >= 0.6 is 38.8 Å². The second-order valence-electron chi connectivity index (χ2n) is 7.26. The number of hydrogen-bond acceptors (Lipinski definition) is 6. The van der Waals surface area contributed by atoms with Crippen LogP contribution in [-0.4, -0.2) is 43.5 Å². The number of thioether (sulfide) groups is 1. The quantitative estimate of drug-likeness (QED) is 0.302. The summed E-state index contributed by atoms with van der Waals surface area (Å²) in [6, 6.07) is 8.29. The fraction of sp³-hybridized carbons (Fsp3) is 0.286. The molecule has 1 amide bonds. The average Bonchev–Trinajstić information content (AvgIpc) is 3.40. The predicted octanol–water partition coefficient (Wildman–Crippen LogP) is 4.45. The molecule has 0 aliphatic carbocycles. The van der Waals surface area contributed by atoms with Crippen molar-refractivity contribution in [2.45, 2.75) is 19.5 Å². The number of hydrogen-bond donors (Lipinski definition) is 1. The minimum absolute atomic E-state index is 0. The van der Waals surface area contributed by atoms with Crippen LogP contribution in [0.3, 0.4) is 0 Å². The standard InChI is InChI=1S/C21H19N5O4S.2H2S/c1-13(21(27)25-12-31-11-19(25)22-2)7-14-9-23-18-5-4-16(8-17(14)18)30-20-6-3-15(10-24-20)26(28)29;;/h3-6,8-10,13,19,23H,7,11-12H2,1H3;2*1H2/t13-,19+;;/m0../s1. The summed E-state index contributed by atoms with van der Waals surface area (Å²) < 4.78 is 5.75. The maximum Gasteiger partial charge on any atom is 0.310 e. The lowest BCUT2D eigenvalue weighted by molar-refractivity contribution is -0.385. The number of benzene rings is 1. The number of nitrogens with zero attached hydrogens (tertiary/aromatic N) is 4. The molecule has 1 aliphatic heterocycles. The first kappa shape index (κ1) is 26.4. The number of fused-ring (bicyclic) bond motifs is 1. The molecule has 3 heterocycles. The van der Waals surface area contributed by atoms with Gasteiger partial charge in [0, 0.05) is 35.2 Å². The number of nitro groups is 1. The highest BCUT2D eigenvalue weighted by atomic mass is 32.2. The molecule has 0 radical (unpaired) electrons. The first-order valence-corrected chi connectivity index (χ1v) is 10.7. The Morgan fingerprint density at radius 2 is 2.21 bits per heavy atom. The average molecular weight is 506 g/mol. The molecule has 1 N–H and O–H groups in total. The molecule has 12 heteroatoms. The van der Waals surface area contributed by atoms with Crippen LogP contribution in [-0.2, 0) is 11.2 Å². The zero-order chi connectivity index (χ0) is 22.0. The van der Waals surface area contributed by atoms with Crippen LogP contribution in [0, 0.1) is 22.6 Å². The van der Waals surface area contributed by atoms with Crippen molar-refractivity contribution in [1.82, 2.24) is 14.9 Å². The van der Waals surface area contributed by atoms with E-state index in [9.17, 15) is 14.9 Å². The number of aromatic amines is 1. The van der Waals surface area contributed by atoms with Crippen molar-refractivity contribution in [3.8, 4) is 11.6 Å². The van der Waals surface area contributed by atoms with Crippen LogP contribution in [0.15, 0.2) is 42.7 Å². The first-order valence-electron chi connectivity index (χ1n) is 9.59. The van der Waals surface area contributed by atoms with Gasteiger partial charge in [-0.2, -0.15) is 27.0 Å². The summed E-state index contributed by atoms with van der Waals surface area (Å²) in [5, 5.41) is 11.7. The van der Waals surface area contributed by atoms with Crippen molar-refractivity contribution >= 4 is 61.3 Å². The van der Waals surface area contributed by atoms with E-state index < -0.39 is 4.92 Å². The summed E-state index contributed by atoms with van der Waals surface area (Å²) in [4.78, 5) is 35.5. The van der Waals surface area contributed by atoms with Crippen LogP contribution in [0.5, 0.6) is 11.6 Å². The van der Waals surface area contributed by atoms with E-state index in [0.717, 1.165) is 22.7 Å². The van der Waals surface area contributed by atoms with Gasteiger partial charge in [-0.25, -0.2) is 11.6 Å². The second kappa shape index (κ2) is 11.3. The van der Waals surface area contributed by atoms with Gasteiger partial charge in [0.1, 0.15) is 11.9 Å². The van der Waals surface area contributed by atoms with E-state index in [1.165, 1.54) is 12.1 Å². The highest BCUT2D eigenvalue weighted by Crippen LogP contribution is 2.30. The van der Waals surface area contributed by atoms with Crippen LogP contribution in [0.1, 0.15) is 12.5 Å². The number of H-pyrrole nitrogens is 1. The van der Waals surface area contributed by atoms with Crippen LogP contribution < -0.4 is 4.74 Å².